The van der Waals surface area contributed by atoms with E-state index < -0.39 is 0 Å². The van der Waals surface area contributed by atoms with Gasteiger partial charge < -0.3 is 5.73 Å². The smallest absolute Gasteiger partial charge is 0.0314 e. The molecule has 2 N–H and O–H groups in total. The molecule has 0 bridgehead atoms. The summed E-state index contributed by atoms with van der Waals surface area (Å²) in [7, 11) is 0. The van der Waals surface area contributed by atoms with E-state index in [-0.39, 0.29) is 0 Å². The Morgan fingerprint density at radius 1 is 0.875 bits per heavy atom. The van der Waals surface area contributed by atoms with Gasteiger partial charge in [0, 0.05) is 10.2 Å². The molecule has 0 unspecified atom stereocenters. The van der Waals surface area contributed by atoms with Gasteiger partial charge in [0.2, 0.25) is 0 Å². The van der Waals surface area contributed by atoms with E-state index in [9.17, 15) is 0 Å². The van der Waals surface area contributed by atoms with E-state index in [4.69, 9.17) is 5.73 Å². The molecular formula is C14H12BrN. The molecule has 2 rings (SSSR count). The molecule has 0 saturated carbocycles. The van der Waals surface area contributed by atoms with Crippen LogP contribution in [0.15, 0.2) is 53.0 Å². The molecule has 0 saturated heterocycles. The van der Waals surface area contributed by atoms with Crippen molar-refractivity contribution in [3.63, 3.8) is 0 Å². The van der Waals surface area contributed by atoms with E-state index in [1.807, 2.05) is 42.5 Å². The van der Waals surface area contributed by atoms with Crippen LogP contribution >= 0.6 is 15.9 Å². The first-order chi connectivity index (χ1) is 7.75. The summed E-state index contributed by atoms with van der Waals surface area (Å²) in [6, 6.07) is 15.9. The van der Waals surface area contributed by atoms with Crippen molar-refractivity contribution in [1.29, 1.82) is 0 Å². The molecule has 1 nitrogen and oxygen atoms in total. The van der Waals surface area contributed by atoms with Gasteiger partial charge in [-0.2, -0.15) is 0 Å². The van der Waals surface area contributed by atoms with Crippen LogP contribution in [0.25, 0.3) is 12.2 Å². The Bertz CT molecular complexity index is 500. The van der Waals surface area contributed by atoms with Crippen LogP contribution in [0.5, 0.6) is 0 Å². The molecule has 0 aliphatic carbocycles. The highest BCUT2D eigenvalue weighted by atomic mass is 79.9. The van der Waals surface area contributed by atoms with Gasteiger partial charge in [0.1, 0.15) is 0 Å². The molecule has 80 valence electrons. The van der Waals surface area contributed by atoms with Crippen LogP contribution in [0, 0.1) is 0 Å². The van der Waals surface area contributed by atoms with E-state index in [0.29, 0.717) is 0 Å². The molecule has 0 atom stereocenters. The predicted molar refractivity (Wildman–Crippen MR) is 73.9 cm³/mol. The van der Waals surface area contributed by atoms with Crippen molar-refractivity contribution in [2.45, 2.75) is 0 Å². The second-order valence-electron chi connectivity index (χ2n) is 3.52. The molecule has 2 heteroatoms. The monoisotopic (exact) mass is 273 g/mol. The van der Waals surface area contributed by atoms with Crippen LogP contribution in [0.1, 0.15) is 11.1 Å². The van der Waals surface area contributed by atoms with Crippen molar-refractivity contribution >= 4 is 33.8 Å². The Labute approximate surface area is 104 Å². The Kier molecular flexibility index (Phi) is 3.42. The minimum atomic E-state index is 0.790. The summed E-state index contributed by atoms with van der Waals surface area (Å²) in [5.74, 6) is 0. The Balaban J connectivity index is 2.21. The number of halogens is 1. The van der Waals surface area contributed by atoms with Crippen molar-refractivity contribution in [2.75, 3.05) is 5.73 Å². The summed E-state index contributed by atoms with van der Waals surface area (Å²) < 4.78 is 1.10. The lowest BCUT2D eigenvalue weighted by Crippen LogP contribution is -1.82. The van der Waals surface area contributed by atoms with E-state index in [1.54, 1.807) is 0 Å². The Hall–Kier alpha value is -1.54. The minimum absolute atomic E-state index is 0.790. The zero-order valence-corrected chi connectivity index (χ0v) is 10.3. The van der Waals surface area contributed by atoms with Gasteiger partial charge in [0.25, 0.3) is 0 Å². The molecule has 16 heavy (non-hydrogen) atoms. The van der Waals surface area contributed by atoms with Crippen LogP contribution < -0.4 is 5.73 Å². The van der Waals surface area contributed by atoms with E-state index in [1.165, 1.54) is 5.56 Å². The minimum Gasteiger partial charge on any atom is -0.399 e. The summed E-state index contributed by atoms with van der Waals surface area (Å²) in [6.45, 7) is 0. The molecule has 0 radical (unpaired) electrons. The van der Waals surface area contributed by atoms with Gasteiger partial charge >= 0.3 is 0 Å². The zero-order chi connectivity index (χ0) is 11.4. The Morgan fingerprint density at radius 3 is 2.25 bits per heavy atom. The van der Waals surface area contributed by atoms with Gasteiger partial charge in [-0.05, 0) is 29.3 Å². The van der Waals surface area contributed by atoms with Gasteiger partial charge in [0.05, 0.1) is 0 Å². The SMILES string of the molecule is Nc1ccc(/C=C/c2ccccc2Br)cc1. The third kappa shape index (κ3) is 2.74. The second kappa shape index (κ2) is 4.99. The number of benzene rings is 2. The summed E-state index contributed by atoms with van der Waals surface area (Å²) >= 11 is 3.51. The summed E-state index contributed by atoms with van der Waals surface area (Å²) in [5, 5.41) is 0. The number of hydrogen-bond donors (Lipinski definition) is 1. The molecule has 0 aliphatic heterocycles. The average molecular weight is 274 g/mol. The molecule has 0 aliphatic rings. The van der Waals surface area contributed by atoms with Crippen LogP contribution in [-0.2, 0) is 0 Å². The zero-order valence-electron chi connectivity index (χ0n) is 8.73. The fourth-order valence-electron chi connectivity index (χ4n) is 1.40. The second-order valence-corrected chi connectivity index (χ2v) is 4.38. The highest BCUT2D eigenvalue weighted by molar-refractivity contribution is 9.10. The van der Waals surface area contributed by atoms with Crippen molar-refractivity contribution < 1.29 is 0 Å². The van der Waals surface area contributed by atoms with Crippen molar-refractivity contribution in [2.24, 2.45) is 0 Å². The summed E-state index contributed by atoms with van der Waals surface area (Å²) in [5.41, 5.74) is 8.73. The number of hydrogen-bond acceptors (Lipinski definition) is 1. The maximum atomic E-state index is 5.63. The van der Waals surface area contributed by atoms with Crippen molar-refractivity contribution in [3.05, 3.63) is 64.1 Å². The molecule has 0 aromatic heterocycles. The largest absolute Gasteiger partial charge is 0.399 e. The standard InChI is InChI=1S/C14H12BrN/c15-14-4-2-1-3-12(14)8-5-11-6-9-13(16)10-7-11/h1-10H,16H2/b8-5+. The van der Waals surface area contributed by atoms with E-state index in [0.717, 1.165) is 15.7 Å². The van der Waals surface area contributed by atoms with E-state index >= 15 is 0 Å². The first kappa shape index (κ1) is 11.0. The third-order valence-electron chi connectivity index (χ3n) is 2.30. The maximum Gasteiger partial charge on any atom is 0.0314 e. The topological polar surface area (TPSA) is 26.0 Å². The van der Waals surface area contributed by atoms with Crippen LogP contribution in [0.3, 0.4) is 0 Å². The van der Waals surface area contributed by atoms with E-state index in [2.05, 4.69) is 34.1 Å². The first-order valence-corrected chi connectivity index (χ1v) is 5.83. The fourth-order valence-corrected chi connectivity index (χ4v) is 1.82. The predicted octanol–water partition coefficient (Wildman–Crippen LogP) is 4.20. The maximum absolute atomic E-state index is 5.63. The van der Waals surface area contributed by atoms with Gasteiger partial charge in [-0.1, -0.05) is 58.4 Å². The first-order valence-electron chi connectivity index (χ1n) is 5.04. The van der Waals surface area contributed by atoms with Crippen LogP contribution in [0.2, 0.25) is 0 Å². The van der Waals surface area contributed by atoms with Crippen LogP contribution in [0.4, 0.5) is 5.69 Å². The Morgan fingerprint density at radius 2 is 1.56 bits per heavy atom. The molecule has 0 heterocycles. The lowest BCUT2D eigenvalue weighted by Gasteiger charge is -1.98. The van der Waals surface area contributed by atoms with Crippen molar-refractivity contribution in [3.8, 4) is 0 Å². The number of nitrogen functional groups attached to an aromatic ring is 1. The fraction of sp³-hybridized carbons (Fsp3) is 0. The van der Waals surface area contributed by atoms with Gasteiger partial charge in [0.15, 0.2) is 0 Å². The van der Waals surface area contributed by atoms with Gasteiger partial charge in [-0.25, -0.2) is 0 Å². The van der Waals surface area contributed by atoms with Gasteiger partial charge in [-0.15, -0.1) is 0 Å². The number of rotatable bonds is 2. The van der Waals surface area contributed by atoms with Crippen LogP contribution in [-0.4, -0.2) is 0 Å². The molecule has 0 spiro atoms. The molecule has 2 aromatic carbocycles. The highest BCUT2D eigenvalue weighted by Gasteiger charge is 1.93. The summed E-state index contributed by atoms with van der Waals surface area (Å²) in [6.07, 6.45) is 4.15. The third-order valence-corrected chi connectivity index (χ3v) is 3.02. The number of anilines is 1. The molecule has 2 aromatic rings. The normalized spacial score (nSPS) is 10.8. The quantitative estimate of drug-likeness (QED) is 0.644. The summed E-state index contributed by atoms with van der Waals surface area (Å²) in [4.78, 5) is 0. The lowest BCUT2D eigenvalue weighted by atomic mass is 10.1. The van der Waals surface area contributed by atoms with Gasteiger partial charge in [-0.3, -0.25) is 0 Å². The number of nitrogens with two attached hydrogens (primary N) is 1. The lowest BCUT2D eigenvalue weighted by molar-refractivity contribution is 1.60. The molecule has 0 fully saturated rings. The highest BCUT2D eigenvalue weighted by Crippen LogP contribution is 2.18. The average Bonchev–Trinajstić information content (AvgIpc) is 2.30. The van der Waals surface area contributed by atoms with Crippen molar-refractivity contribution in [1.82, 2.24) is 0 Å². The molecular weight excluding hydrogens is 262 g/mol. The molecule has 0 amide bonds.